The van der Waals surface area contributed by atoms with Gasteiger partial charge in [0.15, 0.2) is 0 Å². The first kappa shape index (κ1) is 31.9. The molecule has 2 aromatic heterocycles. The predicted octanol–water partition coefficient (Wildman–Crippen LogP) is 10.2. The molecule has 2 unspecified atom stereocenters. The number of pyridine rings is 2. The minimum atomic E-state index is 0. The van der Waals surface area contributed by atoms with Crippen molar-refractivity contribution in [3.8, 4) is 0 Å². The Morgan fingerprint density at radius 3 is 2.35 bits per heavy atom. The third-order valence-electron chi connectivity index (χ3n) is 9.48. The Labute approximate surface area is 273 Å². The van der Waals surface area contributed by atoms with Crippen molar-refractivity contribution in [3.05, 3.63) is 81.7 Å². The number of para-hydroxylation sites is 1. The van der Waals surface area contributed by atoms with Crippen molar-refractivity contribution in [1.29, 1.82) is 0 Å². The zero-order chi connectivity index (χ0) is 27.8. The van der Waals surface area contributed by atoms with Crippen molar-refractivity contribution in [3.63, 3.8) is 0 Å². The number of hydrogen-bond acceptors (Lipinski definition) is 4. The van der Waals surface area contributed by atoms with Gasteiger partial charge in [0.1, 0.15) is 0 Å². The molecular weight excluding hydrogens is 595 g/mol. The van der Waals surface area contributed by atoms with Gasteiger partial charge in [-0.25, -0.2) is 0 Å². The van der Waals surface area contributed by atoms with Crippen LogP contribution in [0.4, 0.5) is 11.4 Å². The standard InChI is InChI=1S/C36H41ClN4.2ClH/c1-23-18-24-20-25(19-23)34-33(21-24)41-32-22-26(37)14-15-29(32)36(34)39-17-9-3-2-8-16-38-35-27-10-4-6-12-30(27)40-31-13-7-5-11-28(31)35;;/h4,6,10,12,14-15,18,22,24-25H,2-3,5,7-9,11,13,16-17,19-21H2,1H3,(H,38,40)(H,39,41);2*1H. The van der Waals surface area contributed by atoms with Gasteiger partial charge >= 0.3 is 0 Å². The minimum Gasteiger partial charge on any atom is -0.384 e. The Hall–Kier alpha value is -2.53. The molecule has 2 heterocycles. The van der Waals surface area contributed by atoms with Gasteiger partial charge in [0.2, 0.25) is 0 Å². The molecule has 2 bridgehead atoms. The average Bonchev–Trinajstić information content (AvgIpc) is 2.97. The predicted molar refractivity (Wildman–Crippen MR) is 188 cm³/mol. The third kappa shape index (κ3) is 6.62. The van der Waals surface area contributed by atoms with Crippen molar-refractivity contribution in [1.82, 2.24) is 9.97 Å². The number of benzene rings is 2. The van der Waals surface area contributed by atoms with Crippen LogP contribution in [0, 0.1) is 5.92 Å². The molecule has 0 radical (unpaired) electrons. The van der Waals surface area contributed by atoms with E-state index in [0.717, 1.165) is 54.8 Å². The average molecular weight is 638 g/mol. The van der Waals surface area contributed by atoms with Gasteiger partial charge in [-0.2, -0.15) is 0 Å². The minimum absolute atomic E-state index is 0. The van der Waals surface area contributed by atoms with Gasteiger partial charge < -0.3 is 10.6 Å². The summed E-state index contributed by atoms with van der Waals surface area (Å²) in [5.74, 6) is 1.20. The molecule has 4 aromatic rings. The van der Waals surface area contributed by atoms with Crippen LogP contribution >= 0.6 is 36.4 Å². The van der Waals surface area contributed by atoms with Crippen LogP contribution < -0.4 is 10.6 Å². The number of nitrogens with one attached hydrogen (secondary N) is 2. The molecule has 7 heteroatoms. The quantitative estimate of drug-likeness (QED) is 0.142. The molecule has 0 saturated carbocycles. The highest BCUT2D eigenvalue weighted by atomic mass is 35.5. The lowest BCUT2D eigenvalue weighted by molar-refractivity contribution is 0.433. The van der Waals surface area contributed by atoms with E-state index in [0.29, 0.717) is 11.8 Å². The largest absolute Gasteiger partial charge is 0.384 e. The van der Waals surface area contributed by atoms with Crippen LogP contribution in [0.15, 0.2) is 54.1 Å². The molecule has 0 amide bonds. The van der Waals surface area contributed by atoms with Gasteiger partial charge in [0.25, 0.3) is 0 Å². The summed E-state index contributed by atoms with van der Waals surface area (Å²) in [6, 6.07) is 14.8. The zero-order valence-electron chi connectivity index (χ0n) is 25.1. The third-order valence-corrected chi connectivity index (χ3v) is 9.72. The zero-order valence-corrected chi connectivity index (χ0v) is 27.4. The number of rotatable bonds is 9. The Morgan fingerprint density at radius 1 is 0.791 bits per heavy atom. The topological polar surface area (TPSA) is 49.8 Å². The normalized spacial score (nSPS) is 18.6. The number of aryl methyl sites for hydroxylation is 1. The van der Waals surface area contributed by atoms with Gasteiger partial charge in [-0.3, -0.25) is 9.97 Å². The molecule has 2 atom stereocenters. The lowest BCUT2D eigenvalue weighted by Crippen LogP contribution is -2.24. The van der Waals surface area contributed by atoms with E-state index in [4.69, 9.17) is 21.6 Å². The van der Waals surface area contributed by atoms with Crippen molar-refractivity contribution < 1.29 is 0 Å². The number of aromatic nitrogens is 2. The smallest absolute Gasteiger partial charge is 0.0741 e. The summed E-state index contributed by atoms with van der Waals surface area (Å²) in [5, 5.41) is 11.0. The Kier molecular flexibility index (Phi) is 10.4. The summed E-state index contributed by atoms with van der Waals surface area (Å²) < 4.78 is 0. The Morgan fingerprint density at radius 2 is 1.51 bits per heavy atom. The Balaban J connectivity index is 0.00000184. The molecule has 0 saturated heterocycles. The highest BCUT2D eigenvalue weighted by Gasteiger charge is 2.33. The van der Waals surface area contributed by atoms with Crippen molar-refractivity contribution in [2.75, 3.05) is 23.7 Å². The monoisotopic (exact) mass is 636 g/mol. The van der Waals surface area contributed by atoms with Gasteiger partial charge in [0.05, 0.1) is 11.0 Å². The molecule has 0 aliphatic heterocycles. The molecule has 0 spiro atoms. The number of anilines is 2. The molecule has 3 aliphatic rings. The van der Waals surface area contributed by atoms with E-state index in [1.54, 1.807) is 0 Å². The summed E-state index contributed by atoms with van der Waals surface area (Å²) in [6.07, 6.45) is 15.6. The van der Waals surface area contributed by atoms with Crippen LogP contribution in [0.2, 0.25) is 5.02 Å². The molecular formula is C36H43Cl3N4. The van der Waals surface area contributed by atoms with Crippen LogP contribution in [-0.2, 0) is 19.3 Å². The van der Waals surface area contributed by atoms with Gasteiger partial charge in [-0.15, -0.1) is 24.8 Å². The summed E-state index contributed by atoms with van der Waals surface area (Å²) in [7, 11) is 0. The van der Waals surface area contributed by atoms with E-state index >= 15 is 0 Å². The van der Waals surface area contributed by atoms with E-state index in [2.05, 4.69) is 54.0 Å². The maximum Gasteiger partial charge on any atom is 0.0741 e. The second kappa shape index (κ2) is 14.1. The molecule has 43 heavy (non-hydrogen) atoms. The van der Waals surface area contributed by atoms with Crippen molar-refractivity contribution >= 4 is 69.6 Å². The second-order valence-corrected chi connectivity index (χ2v) is 13.0. The molecule has 3 aliphatic carbocycles. The maximum absolute atomic E-state index is 6.38. The fourth-order valence-corrected chi connectivity index (χ4v) is 7.85. The van der Waals surface area contributed by atoms with Crippen LogP contribution in [0.3, 0.4) is 0 Å². The highest BCUT2D eigenvalue weighted by molar-refractivity contribution is 6.31. The summed E-state index contributed by atoms with van der Waals surface area (Å²) in [5.41, 5.74) is 11.9. The lowest BCUT2D eigenvalue weighted by atomic mass is 9.71. The fourth-order valence-electron chi connectivity index (χ4n) is 7.68. The molecule has 0 fully saturated rings. The first-order valence-electron chi connectivity index (χ1n) is 15.8. The van der Waals surface area contributed by atoms with E-state index in [9.17, 15) is 0 Å². The fraction of sp³-hybridized carbons (Fsp3) is 0.444. The van der Waals surface area contributed by atoms with Crippen molar-refractivity contribution in [2.24, 2.45) is 5.92 Å². The van der Waals surface area contributed by atoms with E-state index in [1.807, 2.05) is 12.1 Å². The number of hydrogen-bond donors (Lipinski definition) is 2. The molecule has 228 valence electrons. The second-order valence-electron chi connectivity index (χ2n) is 12.5. The number of fused-ring (bicyclic) bond motifs is 7. The van der Waals surface area contributed by atoms with Crippen molar-refractivity contribution in [2.45, 2.75) is 83.5 Å². The van der Waals surface area contributed by atoms with Crippen LogP contribution in [0.5, 0.6) is 0 Å². The summed E-state index contributed by atoms with van der Waals surface area (Å²) in [4.78, 5) is 10.1. The molecule has 2 aromatic carbocycles. The van der Waals surface area contributed by atoms with Gasteiger partial charge in [-0.1, -0.05) is 54.3 Å². The van der Waals surface area contributed by atoms with Gasteiger partial charge in [0, 0.05) is 57.2 Å². The van der Waals surface area contributed by atoms with Crippen LogP contribution in [0.25, 0.3) is 21.8 Å². The summed E-state index contributed by atoms with van der Waals surface area (Å²) >= 11 is 6.38. The number of unbranched alkanes of at least 4 members (excludes halogenated alkanes) is 3. The molecule has 2 N–H and O–H groups in total. The summed E-state index contributed by atoms with van der Waals surface area (Å²) in [6.45, 7) is 4.31. The molecule has 7 rings (SSSR count). The maximum atomic E-state index is 6.38. The first-order chi connectivity index (χ1) is 20.1. The highest BCUT2D eigenvalue weighted by Crippen LogP contribution is 2.47. The van der Waals surface area contributed by atoms with E-state index < -0.39 is 0 Å². The molecule has 4 nitrogen and oxygen atoms in total. The number of allylic oxidation sites excluding steroid dienone is 2. The lowest BCUT2D eigenvalue weighted by Gasteiger charge is -2.36. The van der Waals surface area contributed by atoms with Crippen LogP contribution in [0.1, 0.15) is 86.7 Å². The van der Waals surface area contributed by atoms with E-state index in [-0.39, 0.29) is 24.8 Å². The van der Waals surface area contributed by atoms with Crippen LogP contribution in [-0.4, -0.2) is 23.1 Å². The SMILES string of the molecule is CC1=CC2Cc3nc4cc(Cl)ccc4c(NCCCCCCNc4c5c(nc6ccccc46)CCCC5)c3C(C1)C2.Cl.Cl. The first-order valence-corrected chi connectivity index (χ1v) is 16.2. The van der Waals surface area contributed by atoms with Gasteiger partial charge in [-0.05, 0) is 106 Å². The number of halogens is 3. The van der Waals surface area contributed by atoms with E-state index in [1.165, 1.54) is 95.2 Å². The Bertz CT molecular complexity index is 1630. The number of nitrogens with zero attached hydrogens (tertiary/aromatic N) is 2.